The van der Waals surface area contributed by atoms with E-state index in [0.717, 1.165) is 42.2 Å². The van der Waals surface area contributed by atoms with Crippen molar-refractivity contribution in [2.24, 2.45) is 0 Å². The van der Waals surface area contributed by atoms with Gasteiger partial charge in [0.15, 0.2) is 5.52 Å². The van der Waals surface area contributed by atoms with Gasteiger partial charge in [0.25, 0.3) is 5.82 Å². The highest BCUT2D eigenvalue weighted by atomic mass is 15.2. The Morgan fingerprint density at radius 3 is 3.25 bits per heavy atom. The first-order valence-electron chi connectivity index (χ1n) is 5.48. The second-order valence-corrected chi connectivity index (χ2v) is 3.99. The first-order valence-corrected chi connectivity index (χ1v) is 5.48. The third-order valence-electron chi connectivity index (χ3n) is 2.84. The summed E-state index contributed by atoms with van der Waals surface area (Å²) in [6.45, 7) is 7.84. The van der Waals surface area contributed by atoms with Crippen molar-refractivity contribution < 1.29 is 4.57 Å². The van der Waals surface area contributed by atoms with Gasteiger partial charge in [-0.3, -0.25) is 5.32 Å². The summed E-state index contributed by atoms with van der Waals surface area (Å²) in [7, 11) is 0. The van der Waals surface area contributed by atoms with Crippen LogP contribution in [0.5, 0.6) is 0 Å². The zero-order valence-electron chi connectivity index (χ0n) is 9.27. The van der Waals surface area contributed by atoms with Gasteiger partial charge in [-0.1, -0.05) is 18.5 Å². The van der Waals surface area contributed by atoms with Crippen molar-refractivity contribution in [2.75, 3.05) is 11.9 Å². The first-order chi connectivity index (χ1) is 7.81. The zero-order chi connectivity index (χ0) is 11.1. The Morgan fingerprint density at radius 2 is 2.44 bits per heavy atom. The van der Waals surface area contributed by atoms with Crippen LogP contribution >= 0.6 is 0 Å². The van der Waals surface area contributed by atoms with E-state index in [9.17, 15) is 0 Å². The van der Waals surface area contributed by atoms with Gasteiger partial charge in [-0.05, 0) is 6.42 Å². The summed E-state index contributed by atoms with van der Waals surface area (Å²) in [6.07, 6.45) is 4.75. The average Bonchev–Trinajstić information content (AvgIpc) is 2.84. The number of hydrogen-bond acceptors (Lipinski definition) is 3. The Hall–Kier alpha value is -1.91. The largest absolute Gasteiger partial charge is 0.301 e. The number of nitrogens with zero attached hydrogens (tertiary/aromatic N) is 4. The second-order valence-electron chi connectivity index (χ2n) is 3.99. The molecule has 0 radical (unpaired) electrons. The van der Waals surface area contributed by atoms with Crippen LogP contribution in [0.3, 0.4) is 0 Å². The molecule has 1 aliphatic heterocycles. The fourth-order valence-electron chi connectivity index (χ4n) is 2.05. The molecule has 16 heavy (non-hydrogen) atoms. The molecule has 0 bridgehead atoms. The van der Waals surface area contributed by atoms with Crippen molar-refractivity contribution in [1.29, 1.82) is 0 Å². The fourth-order valence-corrected chi connectivity index (χ4v) is 2.05. The zero-order valence-corrected chi connectivity index (χ0v) is 9.27. The molecule has 3 rings (SSSR count). The predicted octanol–water partition coefficient (Wildman–Crippen LogP) is 1.02. The van der Waals surface area contributed by atoms with Crippen LogP contribution in [0.1, 0.15) is 13.3 Å². The number of hydrogen-bond donors (Lipinski definition) is 1. The monoisotopic (exact) mass is 216 g/mol. The summed E-state index contributed by atoms with van der Waals surface area (Å²) < 4.78 is 4.05. The molecular weight excluding hydrogens is 202 g/mol. The van der Waals surface area contributed by atoms with E-state index in [2.05, 4.69) is 33.4 Å². The molecule has 0 saturated heterocycles. The van der Waals surface area contributed by atoms with Gasteiger partial charge in [-0.2, -0.15) is 0 Å². The van der Waals surface area contributed by atoms with Gasteiger partial charge in [-0.15, -0.1) is 0 Å². The number of nitrogens with one attached hydrogen (secondary N) is 1. The number of imidazole rings is 1. The Bertz CT molecular complexity index is 569. The van der Waals surface area contributed by atoms with Crippen molar-refractivity contribution in [2.45, 2.75) is 19.9 Å². The third kappa shape index (κ3) is 1.14. The van der Waals surface area contributed by atoms with Gasteiger partial charge < -0.3 is 4.57 Å². The third-order valence-corrected chi connectivity index (χ3v) is 2.84. The smallest absolute Gasteiger partial charge is 0.258 e. The molecule has 0 aliphatic carbocycles. The summed E-state index contributed by atoms with van der Waals surface area (Å²) >= 11 is 0. The second kappa shape index (κ2) is 3.30. The SMILES string of the molecule is C=C1CNc2c3ncn(CCC)c3nc[n+]21. The summed E-state index contributed by atoms with van der Waals surface area (Å²) in [5.74, 6) is 1.00. The highest BCUT2D eigenvalue weighted by Gasteiger charge is 2.25. The highest BCUT2D eigenvalue weighted by molar-refractivity contribution is 5.82. The summed E-state index contributed by atoms with van der Waals surface area (Å²) in [6, 6.07) is 0. The minimum absolute atomic E-state index is 0.765. The summed E-state index contributed by atoms with van der Waals surface area (Å²) in [5.41, 5.74) is 2.87. The minimum atomic E-state index is 0.765. The molecule has 5 heteroatoms. The first kappa shape index (κ1) is 9.33. The highest BCUT2D eigenvalue weighted by Crippen LogP contribution is 2.20. The molecule has 3 heterocycles. The van der Waals surface area contributed by atoms with Gasteiger partial charge in [-0.25, -0.2) is 9.55 Å². The lowest BCUT2D eigenvalue weighted by Gasteiger charge is -1.98. The average molecular weight is 216 g/mol. The van der Waals surface area contributed by atoms with Crippen LogP contribution in [0.2, 0.25) is 0 Å². The maximum atomic E-state index is 4.44. The van der Waals surface area contributed by atoms with Gasteiger partial charge in [0.1, 0.15) is 12.2 Å². The fraction of sp³-hybridized carbons (Fsp3) is 0.364. The topological polar surface area (TPSA) is 46.6 Å². The van der Waals surface area contributed by atoms with E-state index in [1.54, 1.807) is 0 Å². The van der Waals surface area contributed by atoms with Gasteiger partial charge in [0.05, 0.1) is 6.33 Å². The normalized spacial score (nSPS) is 14.2. The molecule has 0 aromatic carbocycles. The molecular formula is C11H14N5+. The molecule has 0 fully saturated rings. The Labute approximate surface area is 93.4 Å². The van der Waals surface area contributed by atoms with Crippen LogP contribution in [0.15, 0.2) is 19.2 Å². The van der Waals surface area contributed by atoms with Crippen molar-refractivity contribution in [3.05, 3.63) is 19.2 Å². The standard InChI is InChI=1S/C11H13N5/c1-3-4-15-6-13-9-10(15)14-7-16-8(2)5-12-11(9)16/h6-7H,2-5H2,1H3/p+1. The van der Waals surface area contributed by atoms with E-state index in [1.165, 1.54) is 0 Å². The predicted molar refractivity (Wildman–Crippen MR) is 61.8 cm³/mol. The van der Waals surface area contributed by atoms with Crippen molar-refractivity contribution in [1.82, 2.24) is 14.5 Å². The molecule has 0 saturated carbocycles. The van der Waals surface area contributed by atoms with Gasteiger partial charge in [0.2, 0.25) is 12.0 Å². The number of aryl methyl sites for hydroxylation is 1. The van der Waals surface area contributed by atoms with E-state index in [1.807, 2.05) is 17.2 Å². The van der Waals surface area contributed by atoms with Crippen LogP contribution in [0.4, 0.5) is 5.82 Å². The lowest BCUT2D eigenvalue weighted by Crippen LogP contribution is -2.29. The van der Waals surface area contributed by atoms with E-state index >= 15 is 0 Å². The molecule has 5 nitrogen and oxygen atoms in total. The number of aromatic nitrogens is 4. The number of fused-ring (bicyclic) bond motifs is 3. The lowest BCUT2D eigenvalue weighted by molar-refractivity contribution is -0.561. The molecule has 0 spiro atoms. The molecule has 0 atom stereocenters. The van der Waals surface area contributed by atoms with Gasteiger partial charge >= 0.3 is 0 Å². The molecule has 2 aromatic heterocycles. The van der Waals surface area contributed by atoms with Crippen LogP contribution in [0, 0.1) is 0 Å². The van der Waals surface area contributed by atoms with Crippen LogP contribution in [-0.2, 0) is 6.54 Å². The van der Waals surface area contributed by atoms with E-state index in [0.29, 0.717) is 0 Å². The van der Waals surface area contributed by atoms with Crippen molar-refractivity contribution in [3.8, 4) is 0 Å². The minimum Gasteiger partial charge on any atom is -0.301 e. The van der Waals surface area contributed by atoms with E-state index < -0.39 is 0 Å². The Morgan fingerprint density at radius 1 is 1.56 bits per heavy atom. The number of rotatable bonds is 2. The molecule has 1 aliphatic rings. The summed E-state index contributed by atoms with van der Waals surface area (Å²) in [4.78, 5) is 8.86. The lowest BCUT2D eigenvalue weighted by atomic mass is 10.4. The molecule has 82 valence electrons. The Balaban J connectivity index is 2.24. The Kier molecular flexibility index (Phi) is 1.92. The van der Waals surface area contributed by atoms with E-state index in [4.69, 9.17) is 0 Å². The van der Waals surface area contributed by atoms with Gasteiger partial charge in [0, 0.05) is 6.54 Å². The summed E-state index contributed by atoms with van der Waals surface area (Å²) in [5, 5.41) is 3.30. The molecule has 0 amide bonds. The number of anilines is 1. The quantitative estimate of drug-likeness (QED) is 0.762. The maximum absolute atomic E-state index is 4.44. The van der Waals surface area contributed by atoms with Crippen molar-refractivity contribution in [3.63, 3.8) is 0 Å². The molecule has 2 aromatic rings. The molecule has 0 unspecified atom stereocenters. The van der Waals surface area contributed by atoms with Crippen LogP contribution in [-0.4, -0.2) is 21.1 Å². The van der Waals surface area contributed by atoms with Crippen molar-refractivity contribution >= 4 is 22.7 Å². The van der Waals surface area contributed by atoms with Crippen LogP contribution in [0.25, 0.3) is 16.9 Å². The van der Waals surface area contributed by atoms with Crippen LogP contribution < -0.4 is 9.88 Å². The van der Waals surface area contributed by atoms with E-state index in [-0.39, 0.29) is 0 Å². The molecule has 1 N–H and O–H groups in total. The maximum Gasteiger partial charge on any atom is 0.258 e.